The summed E-state index contributed by atoms with van der Waals surface area (Å²) in [5.41, 5.74) is 0.231. The van der Waals surface area contributed by atoms with Gasteiger partial charge in [0, 0.05) is 24.1 Å². The van der Waals surface area contributed by atoms with Crippen molar-refractivity contribution in [2.45, 2.75) is 18.7 Å². The highest BCUT2D eigenvalue weighted by molar-refractivity contribution is 7.99. The molecule has 1 unspecified atom stereocenters. The van der Waals surface area contributed by atoms with Crippen molar-refractivity contribution in [2.75, 3.05) is 18.8 Å². The molecule has 0 amide bonds. The fourth-order valence-corrected chi connectivity index (χ4v) is 2.91. The molecule has 1 aromatic rings. The van der Waals surface area contributed by atoms with E-state index in [-0.39, 0.29) is 5.56 Å². The standard InChI is InChI=1S/C11H15NO3S/c1-8-5-12(2-3-16-8)6-10-4-9(7-15-10)11(13)14/h4,7-8H,2-3,5-6H2,1H3,(H,13,14). The lowest BCUT2D eigenvalue weighted by Gasteiger charge is -2.29. The maximum absolute atomic E-state index is 10.7. The number of nitrogens with zero attached hydrogens (tertiary/aromatic N) is 1. The van der Waals surface area contributed by atoms with Crippen molar-refractivity contribution in [1.29, 1.82) is 0 Å². The summed E-state index contributed by atoms with van der Waals surface area (Å²) < 4.78 is 5.23. The summed E-state index contributed by atoms with van der Waals surface area (Å²) in [6.07, 6.45) is 1.31. The zero-order valence-corrected chi connectivity index (χ0v) is 10.00. The first kappa shape index (κ1) is 11.5. The predicted octanol–water partition coefficient (Wildman–Crippen LogP) is 1.92. The molecule has 1 aliphatic heterocycles. The van der Waals surface area contributed by atoms with E-state index >= 15 is 0 Å². The lowest BCUT2D eigenvalue weighted by molar-refractivity contribution is 0.0696. The summed E-state index contributed by atoms with van der Waals surface area (Å²) in [7, 11) is 0. The van der Waals surface area contributed by atoms with Crippen molar-refractivity contribution >= 4 is 17.7 Å². The van der Waals surface area contributed by atoms with Crippen LogP contribution in [0.25, 0.3) is 0 Å². The molecule has 1 aromatic heterocycles. The van der Waals surface area contributed by atoms with E-state index in [4.69, 9.17) is 9.52 Å². The number of rotatable bonds is 3. The molecule has 1 fully saturated rings. The Morgan fingerprint density at radius 2 is 2.56 bits per heavy atom. The third-order valence-electron chi connectivity index (χ3n) is 2.61. The van der Waals surface area contributed by atoms with Gasteiger partial charge in [-0.05, 0) is 6.07 Å². The summed E-state index contributed by atoms with van der Waals surface area (Å²) in [4.78, 5) is 13.0. The van der Waals surface area contributed by atoms with E-state index in [9.17, 15) is 4.79 Å². The van der Waals surface area contributed by atoms with Crippen LogP contribution in [0.5, 0.6) is 0 Å². The number of thioether (sulfide) groups is 1. The Hall–Kier alpha value is -0.940. The van der Waals surface area contributed by atoms with Gasteiger partial charge in [-0.15, -0.1) is 0 Å². The molecule has 0 aromatic carbocycles. The molecule has 0 saturated carbocycles. The van der Waals surface area contributed by atoms with Gasteiger partial charge in [-0.2, -0.15) is 11.8 Å². The van der Waals surface area contributed by atoms with E-state index in [0.29, 0.717) is 11.8 Å². The van der Waals surface area contributed by atoms with Gasteiger partial charge < -0.3 is 9.52 Å². The second kappa shape index (κ2) is 4.93. The Labute approximate surface area is 98.6 Å². The number of carboxylic acids is 1. The van der Waals surface area contributed by atoms with Gasteiger partial charge in [-0.25, -0.2) is 4.79 Å². The van der Waals surface area contributed by atoms with Crippen molar-refractivity contribution in [3.8, 4) is 0 Å². The first-order valence-electron chi connectivity index (χ1n) is 5.30. The van der Waals surface area contributed by atoms with Gasteiger partial charge in [0.15, 0.2) is 0 Å². The number of aromatic carboxylic acids is 1. The maximum Gasteiger partial charge on any atom is 0.338 e. The van der Waals surface area contributed by atoms with Crippen molar-refractivity contribution in [3.05, 3.63) is 23.7 Å². The van der Waals surface area contributed by atoms with E-state index in [0.717, 1.165) is 24.6 Å². The molecule has 2 heterocycles. The first-order chi connectivity index (χ1) is 7.65. The van der Waals surface area contributed by atoms with Crippen LogP contribution in [0.2, 0.25) is 0 Å². The highest BCUT2D eigenvalue weighted by atomic mass is 32.2. The summed E-state index contributed by atoms with van der Waals surface area (Å²) in [6, 6.07) is 1.61. The normalized spacial score (nSPS) is 22.2. The third-order valence-corrected chi connectivity index (χ3v) is 3.74. The minimum Gasteiger partial charge on any atom is -0.478 e. The summed E-state index contributed by atoms with van der Waals surface area (Å²) >= 11 is 1.98. The molecule has 0 radical (unpaired) electrons. The van der Waals surface area contributed by atoms with Crippen molar-refractivity contribution in [1.82, 2.24) is 4.90 Å². The van der Waals surface area contributed by atoms with Gasteiger partial charge in [-0.3, -0.25) is 4.90 Å². The van der Waals surface area contributed by atoms with E-state index < -0.39 is 5.97 Å². The van der Waals surface area contributed by atoms with Crippen molar-refractivity contribution < 1.29 is 14.3 Å². The van der Waals surface area contributed by atoms with Crippen LogP contribution in [0.1, 0.15) is 23.0 Å². The highest BCUT2D eigenvalue weighted by Gasteiger charge is 2.18. The van der Waals surface area contributed by atoms with E-state index in [2.05, 4.69) is 11.8 Å². The average molecular weight is 241 g/mol. The van der Waals surface area contributed by atoms with Crippen LogP contribution in [-0.2, 0) is 6.54 Å². The molecule has 1 aliphatic rings. The Morgan fingerprint density at radius 1 is 1.75 bits per heavy atom. The Kier molecular flexibility index (Phi) is 3.56. The Bertz CT molecular complexity index is 377. The Balaban J connectivity index is 1.95. The fraction of sp³-hybridized carbons (Fsp3) is 0.545. The van der Waals surface area contributed by atoms with Crippen LogP contribution in [-0.4, -0.2) is 40.1 Å². The van der Waals surface area contributed by atoms with Gasteiger partial charge in [0.25, 0.3) is 0 Å². The van der Waals surface area contributed by atoms with Crippen LogP contribution in [0.15, 0.2) is 16.7 Å². The number of hydrogen-bond donors (Lipinski definition) is 1. The summed E-state index contributed by atoms with van der Waals surface area (Å²) in [5, 5.41) is 9.41. The van der Waals surface area contributed by atoms with Gasteiger partial charge in [-0.1, -0.05) is 6.92 Å². The van der Waals surface area contributed by atoms with Crippen molar-refractivity contribution in [3.63, 3.8) is 0 Å². The molecule has 1 saturated heterocycles. The van der Waals surface area contributed by atoms with E-state index in [1.807, 2.05) is 11.8 Å². The quantitative estimate of drug-likeness (QED) is 0.876. The van der Waals surface area contributed by atoms with E-state index in [1.165, 1.54) is 6.26 Å². The van der Waals surface area contributed by atoms with Gasteiger partial charge in [0.2, 0.25) is 0 Å². The molecule has 1 N–H and O–H groups in total. The monoisotopic (exact) mass is 241 g/mol. The van der Waals surface area contributed by atoms with Crippen LogP contribution >= 0.6 is 11.8 Å². The zero-order chi connectivity index (χ0) is 11.5. The second-order valence-electron chi connectivity index (χ2n) is 4.02. The van der Waals surface area contributed by atoms with Gasteiger partial charge in [0.1, 0.15) is 12.0 Å². The SMILES string of the molecule is CC1CN(Cc2cc(C(=O)O)co2)CCS1. The Morgan fingerprint density at radius 3 is 3.19 bits per heavy atom. The fourth-order valence-electron chi connectivity index (χ4n) is 1.83. The molecule has 88 valence electrons. The van der Waals surface area contributed by atoms with Crippen LogP contribution < -0.4 is 0 Å². The third kappa shape index (κ3) is 2.80. The molecule has 1 atom stereocenters. The lowest BCUT2D eigenvalue weighted by Crippen LogP contribution is -2.35. The minimum absolute atomic E-state index is 0.231. The molecule has 0 bridgehead atoms. The van der Waals surface area contributed by atoms with Crippen LogP contribution in [0, 0.1) is 0 Å². The lowest BCUT2D eigenvalue weighted by atomic mass is 10.3. The number of carboxylic acid groups (broad SMARTS) is 1. The topological polar surface area (TPSA) is 53.7 Å². The highest BCUT2D eigenvalue weighted by Crippen LogP contribution is 2.20. The summed E-state index contributed by atoms with van der Waals surface area (Å²) in [6.45, 7) is 4.99. The summed E-state index contributed by atoms with van der Waals surface area (Å²) in [5.74, 6) is 0.933. The molecule has 0 spiro atoms. The zero-order valence-electron chi connectivity index (χ0n) is 9.18. The smallest absolute Gasteiger partial charge is 0.338 e. The van der Waals surface area contributed by atoms with Crippen LogP contribution in [0.3, 0.4) is 0 Å². The molecule has 5 heteroatoms. The molecular weight excluding hydrogens is 226 g/mol. The molecule has 0 aliphatic carbocycles. The number of furan rings is 1. The second-order valence-corrected chi connectivity index (χ2v) is 5.57. The molecular formula is C11H15NO3S. The van der Waals surface area contributed by atoms with Crippen LogP contribution in [0.4, 0.5) is 0 Å². The average Bonchev–Trinajstić information content (AvgIpc) is 2.66. The molecule has 2 rings (SSSR count). The maximum atomic E-state index is 10.7. The largest absolute Gasteiger partial charge is 0.478 e. The molecule has 16 heavy (non-hydrogen) atoms. The first-order valence-corrected chi connectivity index (χ1v) is 6.34. The van der Waals surface area contributed by atoms with Gasteiger partial charge >= 0.3 is 5.97 Å². The van der Waals surface area contributed by atoms with E-state index in [1.54, 1.807) is 6.07 Å². The van der Waals surface area contributed by atoms with Crippen molar-refractivity contribution in [2.24, 2.45) is 0 Å². The number of carbonyl (C=O) groups is 1. The molecule has 4 nitrogen and oxygen atoms in total. The van der Waals surface area contributed by atoms with Gasteiger partial charge in [0.05, 0.1) is 12.1 Å². The predicted molar refractivity (Wildman–Crippen MR) is 62.9 cm³/mol. The number of hydrogen-bond acceptors (Lipinski definition) is 4. The minimum atomic E-state index is -0.933.